The van der Waals surface area contributed by atoms with E-state index in [1.54, 1.807) is 30.5 Å². The molecule has 3 rings (SSSR count). The van der Waals surface area contributed by atoms with Crippen LogP contribution in [0.4, 0.5) is 5.69 Å². The largest absolute Gasteiger partial charge is 0.461 e. The molecular weight excluding hydrogens is 366 g/mol. The first-order chi connectivity index (χ1) is 13.1. The normalized spacial score (nSPS) is 12.0. The number of nitrogens with zero attached hydrogens (tertiary/aromatic N) is 4. The summed E-state index contributed by atoms with van der Waals surface area (Å²) in [5.74, 6) is -0.343. The predicted molar refractivity (Wildman–Crippen MR) is 105 cm³/mol. The Balaban J connectivity index is 1.59. The molecule has 1 N–H and O–H groups in total. The van der Waals surface area contributed by atoms with Crippen LogP contribution in [0.3, 0.4) is 0 Å². The lowest BCUT2D eigenvalue weighted by molar-refractivity contribution is 0.0466. The second-order valence-electron chi connectivity index (χ2n) is 5.75. The van der Waals surface area contributed by atoms with E-state index in [1.807, 2.05) is 0 Å². The fourth-order valence-corrected chi connectivity index (χ4v) is 3.32. The molecular formula is C18H21N5O3S. The fraction of sp³-hybridized carbons (Fsp3) is 0.333. The van der Waals surface area contributed by atoms with Crippen LogP contribution in [0.1, 0.15) is 24.2 Å². The summed E-state index contributed by atoms with van der Waals surface area (Å²) in [5.41, 5.74) is 1.03. The van der Waals surface area contributed by atoms with Crippen molar-refractivity contribution >= 4 is 34.2 Å². The summed E-state index contributed by atoms with van der Waals surface area (Å²) in [6, 6.07) is 6.91. The highest BCUT2D eigenvalue weighted by atomic mass is 32.1. The Morgan fingerprint density at radius 2 is 2.04 bits per heavy atom. The molecule has 0 amide bonds. The SMILES string of the molecule is CCN(CC)CCOC(=O)c1ccc(N/C=c2\sc3ncnn3c2=O)cc1. The molecule has 27 heavy (non-hydrogen) atoms. The Kier molecular flexibility index (Phi) is 6.15. The monoisotopic (exact) mass is 387 g/mol. The minimum atomic E-state index is -0.343. The standard InChI is InChI=1S/C18H21N5O3S/c1-3-22(4-2)9-10-26-17(25)13-5-7-14(8-6-13)19-11-15-16(24)23-18(27-15)20-12-21-23/h5-8,11-12,19H,3-4,9-10H2,1-2H3/b15-11-. The zero-order chi connectivity index (χ0) is 19.2. The van der Waals surface area contributed by atoms with Crippen LogP contribution in [0.25, 0.3) is 11.2 Å². The molecule has 0 fully saturated rings. The molecule has 2 heterocycles. The summed E-state index contributed by atoms with van der Waals surface area (Å²) in [6.07, 6.45) is 2.96. The van der Waals surface area contributed by atoms with Gasteiger partial charge in [0.2, 0.25) is 4.96 Å². The van der Waals surface area contributed by atoms with Crippen molar-refractivity contribution in [2.45, 2.75) is 13.8 Å². The molecule has 9 heteroatoms. The van der Waals surface area contributed by atoms with Crippen LogP contribution in [-0.2, 0) is 4.74 Å². The molecule has 0 unspecified atom stereocenters. The molecule has 142 valence electrons. The van der Waals surface area contributed by atoms with Crippen molar-refractivity contribution in [1.82, 2.24) is 19.5 Å². The summed E-state index contributed by atoms with van der Waals surface area (Å²) in [4.78, 5) is 30.9. The lowest BCUT2D eigenvalue weighted by Crippen LogP contribution is -2.27. The van der Waals surface area contributed by atoms with Gasteiger partial charge in [-0.25, -0.2) is 9.78 Å². The predicted octanol–water partition coefficient (Wildman–Crippen LogP) is 1.22. The first-order valence-corrected chi connectivity index (χ1v) is 9.52. The number of rotatable bonds is 8. The maximum atomic E-state index is 12.1. The molecule has 2 aromatic heterocycles. The van der Waals surface area contributed by atoms with E-state index < -0.39 is 0 Å². The summed E-state index contributed by atoms with van der Waals surface area (Å²) in [7, 11) is 0. The molecule has 8 nitrogen and oxygen atoms in total. The summed E-state index contributed by atoms with van der Waals surface area (Å²) >= 11 is 1.25. The van der Waals surface area contributed by atoms with Gasteiger partial charge in [0.15, 0.2) is 0 Å². The zero-order valence-corrected chi connectivity index (χ0v) is 16.0. The van der Waals surface area contributed by atoms with Crippen molar-refractivity contribution < 1.29 is 9.53 Å². The number of carbonyl (C=O) groups excluding carboxylic acids is 1. The summed E-state index contributed by atoms with van der Waals surface area (Å²) in [6.45, 7) is 7.12. The van der Waals surface area contributed by atoms with E-state index in [4.69, 9.17) is 4.74 Å². The van der Waals surface area contributed by atoms with Gasteiger partial charge in [0.1, 0.15) is 17.5 Å². The number of benzene rings is 1. The molecule has 0 saturated carbocycles. The maximum absolute atomic E-state index is 12.1. The number of hydrogen-bond acceptors (Lipinski definition) is 8. The molecule has 0 atom stereocenters. The lowest BCUT2D eigenvalue weighted by atomic mass is 10.2. The van der Waals surface area contributed by atoms with Crippen molar-refractivity contribution in [1.29, 1.82) is 0 Å². The average Bonchev–Trinajstić information content (AvgIpc) is 3.27. The number of ether oxygens (including phenoxy) is 1. The number of esters is 1. The van der Waals surface area contributed by atoms with E-state index in [-0.39, 0.29) is 11.5 Å². The first kappa shape index (κ1) is 19.0. The van der Waals surface area contributed by atoms with Gasteiger partial charge in [0.05, 0.1) is 5.56 Å². The highest BCUT2D eigenvalue weighted by Gasteiger charge is 2.08. The van der Waals surface area contributed by atoms with Crippen LogP contribution in [0.2, 0.25) is 0 Å². The Labute approximate surface area is 160 Å². The Hall–Kier alpha value is -2.78. The van der Waals surface area contributed by atoms with Crippen LogP contribution in [0, 0.1) is 0 Å². The number of aromatic nitrogens is 3. The van der Waals surface area contributed by atoms with Gasteiger partial charge in [-0.15, -0.1) is 0 Å². The van der Waals surface area contributed by atoms with Gasteiger partial charge in [-0.1, -0.05) is 25.2 Å². The molecule has 0 aliphatic carbocycles. The third kappa shape index (κ3) is 4.50. The van der Waals surface area contributed by atoms with E-state index in [0.717, 1.165) is 25.3 Å². The van der Waals surface area contributed by atoms with Gasteiger partial charge in [0.25, 0.3) is 5.56 Å². The van der Waals surface area contributed by atoms with Crippen LogP contribution in [0.15, 0.2) is 35.4 Å². The minimum Gasteiger partial charge on any atom is -0.461 e. The quantitative estimate of drug-likeness (QED) is 0.581. The van der Waals surface area contributed by atoms with E-state index in [1.165, 1.54) is 22.2 Å². The summed E-state index contributed by atoms with van der Waals surface area (Å²) < 4.78 is 7.07. The Bertz CT molecular complexity index is 1010. The molecule has 0 saturated heterocycles. The molecule has 0 aliphatic rings. The second kappa shape index (κ2) is 8.74. The van der Waals surface area contributed by atoms with Crippen LogP contribution in [0.5, 0.6) is 0 Å². The van der Waals surface area contributed by atoms with E-state index in [9.17, 15) is 9.59 Å². The number of hydrogen-bond donors (Lipinski definition) is 1. The van der Waals surface area contributed by atoms with Crippen molar-refractivity contribution in [2.75, 3.05) is 31.6 Å². The van der Waals surface area contributed by atoms with Gasteiger partial charge >= 0.3 is 5.97 Å². The first-order valence-electron chi connectivity index (χ1n) is 8.71. The number of likely N-dealkylation sites (N-methyl/N-ethyl adjacent to an activating group) is 1. The fourth-order valence-electron chi connectivity index (χ4n) is 2.52. The van der Waals surface area contributed by atoms with Crippen molar-refractivity contribution in [3.8, 4) is 0 Å². The maximum Gasteiger partial charge on any atom is 0.338 e. The second-order valence-corrected chi connectivity index (χ2v) is 6.76. The smallest absolute Gasteiger partial charge is 0.338 e. The van der Waals surface area contributed by atoms with Crippen LogP contribution >= 0.6 is 11.3 Å². The van der Waals surface area contributed by atoms with Crippen LogP contribution < -0.4 is 15.4 Å². The third-order valence-electron chi connectivity index (χ3n) is 4.15. The Morgan fingerprint density at radius 1 is 1.30 bits per heavy atom. The number of nitrogens with one attached hydrogen (secondary N) is 1. The topological polar surface area (TPSA) is 88.8 Å². The van der Waals surface area contributed by atoms with Gasteiger partial charge in [-0.05, 0) is 37.4 Å². The number of fused-ring (bicyclic) bond motifs is 1. The average molecular weight is 387 g/mol. The molecule has 3 aromatic rings. The van der Waals surface area contributed by atoms with Crippen LogP contribution in [-0.4, -0.2) is 51.7 Å². The summed E-state index contributed by atoms with van der Waals surface area (Å²) in [5, 5.41) is 6.92. The van der Waals surface area contributed by atoms with Gasteiger partial charge in [-0.2, -0.15) is 9.61 Å². The van der Waals surface area contributed by atoms with E-state index in [0.29, 0.717) is 21.7 Å². The number of anilines is 1. The van der Waals surface area contributed by atoms with Crippen molar-refractivity contribution in [3.63, 3.8) is 0 Å². The molecule has 0 radical (unpaired) electrons. The van der Waals surface area contributed by atoms with Crippen molar-refractivity contribution in [2.24, 2.45) is 0 Å². The minimum absolute atomic E-state index is 0.214. The molecule has 1 aromatic carbocycles. The van der Waals surface area contributed by atoms with E-state index >= 15 is 0 Å². The van der Waals surface area contributed by atoms with E-state index in [2.05, 4.69) is 34.1 Å². The lowest BCUT2D eigenvalue weighted by Gasteiger charge is -2.17. The number of carbonyl (C=O) groups is 1. The highest BCUT2D eigenvalue weighted by Crippen LogP contribution is 2.11. The molecule has 0 spiro atoms. The van der Waals surface area contributed by atoms with Gasteiger partial charge < -0.3 is 15.0 Å². The number of thiazole rings is 1. The zero-order valence-electron chi connectivity index (χ0n) is 15.2. The van der Waals surface area contributed by atoms with Gasteiger partial charge in [-0.3, -0.25) is 4.79 Å². The van der Waals surface area contributed by atoms with Crippen molar-refractivity contribution in [3.05, 3.63) is 51.0 Å². The molecule has 0 aliphatic heterocycles. The Morgan fingerprint density at radius 3 is 2.70 bits per heavy atom. The highest BCUT2D eigenvalue weighted by molar-refractivity contribution is 7.15. The molecule has 0 bridgehead atoms. The third-order valence-corrected chi connectivity index (χ3v) is 5.12. The van der Waals surface area contributed by atoms with Gasteiger partial charge in [0, 0.05) is 18.4 Å².